The Labute approximate surface area is 110 Å². The van der Waals surface area contributed by atoms with Gasteiger partial charge in [0, 0.05) is 31.8 Å². The van der Waals surface area contributed by atoms with Gasteiger partial charge in [-0.05, 0) is 6.42 Å². The first kappa shape index (κ1) is 14.7. The first-order chi connectivity index (χ1) is 8.56. The first-order valence-corrected chi connectivity index (χ1v) is 6.87. The molecule has 0 spiro atoms. The Morgan fingerprint density at radius 1 is 1.39 bits per heavy atom. The van der Waals surface area contributed by atoms with E-state index in [2.05, 4.69) is 12.0 Å². The lowest BCUT2D eigenvalue weighted by molar-refractivity contribution is -0.121. The predicted molar refractivity (Wildman–Crippen MR) is 74.5 cm³/mol. The molecule has 0 bridgehead atoms. The Hall–Kier alpha value is -1.32. The van der Waals surface area contributed by atoms with E-state index in [0.717, 1.165) is 18.8 Å². The highest BCUT2D eigenvalue weighted by molar-refractivity contribution is 5.93. The van der Waals surface area contributed by atoms with Crippen molar-refractivity contribution in [3.8, 4) is 0 Å². The van der Waals surface area contributed by atoms with E-state index in [1.54, 1.807) is 4.68 Å². The number of anilines is 1. The summed E-state index contributed by atoms with van der Waals surface area (Å²) in [4.78, 5) is 14.0. The van der Waals surface area contributed by atoms with Crippen LogP contribution >= 0.6 is 0 Å². The van der Waals surface area contributed by atoms with Crippen molar-refractivity contribution in [1.29, 1.82) is 0 Å². The molecule has 4 heteroatoms. The van der Waals surface area contributed by atoms with Gasteiger partial charge < -0.3 is 0 Å². The third-order valence-corrected chi connectivity index (χ3v) is 2.97. The SMILES string of the molecule is CCCCCCN(C(=O)C(C)C)c1ccn(C)n1. The molecule has 0 aromatic carbocycles. The quantitative estimate of drug-likeness (QED) is 0.699. The van der Waals surface area contributed by atoms with Crippen LogP contribution in [0, 0.1) is 5.92 Å². The van der Waals surface area contributed by atoms with Crippen LogP contribution in [0.1, 0.15) is 46.5 Å². The zero-order valence-electron chi connectivity index (χ0n) is 12.0. The van der Waals surface area contributed by atoms with Crippen LogP contribution < -0.4 is 4.90 Å². The van der Waals surface area contributed by atoms with Gasteiger partial charge in [0.2, 0.25) is 5.91 Å². The van der Waals surface area contributed by atoms with Crippen LogP contribution in [-0.2, 0) is 11.8 Å². The van der Waals surface area contributed by atoms with E-state index in [-0.39, 0.29) is 11.8 Å². The summed E-state index contributed by atoms with van der Waals surface area (Å²) in [6, 6.07) is 1.90. The molecule has 1 rings (SSSR count). The summed E-state index contributed by atoms with van der Waals surface area (Å²) in [5.41, 5.74) is 0. The summed E-state index contributed by atoms with van der Waals surface area (Å²) in [5, 5.41) is 4.34. The van der Waals surface area contributed by atoms with Crippen LogP contribution in [0.3, 0.4) is 0 Å². The minimum absolute atomic E-state index is 0.0122. The minimum Gasteiger partial charge on any atom is -0.295 e. The molecule has 0 radical (unpaired) electrons. The standard InChI is InChI=1S/C14H25N3O/c1-5-6-7-8-10-17(14(18)12(2)3)13-9-11-16(4)15-13/h9,11-12H,5-8,10H2,1-4H3. The van der Waals surface area contributed by atoms with Crippen LogP contribution in [0.2, 0.25) is 0 Å². The van der Waals surface area contributed by atoms with Crippen molar-refractivity contribution < 1.29 is 4.79 Å². The van der Waals surface area contributed by atoms with Crippen LogP contribution in [0.5, 0.6) is 0 Å². The lowest BCUT2D eigenvalue weighted by atomic mass is 10.1. The number of hydrogen-bond acceptors (Lipinski definition) is 2. The molecule has 0 aliphatic rings. The summed E-state index contributed by atoms with van der Waals surface area (Å²) in [6.07, 6.45) is 6.53. The van der Waals surface area contributed by atoms with Gasteiger partial charge in [-0.25, -0.2) is 0 Å². The largest absolute Gasteiger partial charge is 0.295 e. The van der Waals surface area contributed by atoms with Crippen molar-refractivity contribution in [2.24, 2.45) is 13.0 Å². The second-order valence-corrected chi connectivity index (χ2v) is 5.05. The zero-order chi connectivity index (χ0) is 13.5. The van der Waals surface area contributed by atoms with E-state index >= 15 is 0 Å². The van der Waals surface area contributed by atoms with Crippen molar-refractivity contribution >= 4 is 11.7 Å². The number of rotatable bonds is 7. The van der Waals surface area contributed by atoms with E-state index in [9.17, 15) is 4.79 Å². The zero-order valence-corrected chi connectivity index (χ0v) is 12.0. The lowest BCUT2D eigenvalue weighted by Crippen LogP contribution is -2.35. The van der Waals surface area contributed by atoms with Gasteiger partial charge in [0.1, 0.15) is 0 Å². The lowest BCUT2D eigenvalue weighted by Gasteiger charge is -2.22. The minimum atomic E-state index is 0.0122. The third kappa shape index (κ3) is 4.17. The van der Waals surface area contributed by atoms with Gasteiger partial charge in [-0.3, -0.25) is 14.4 Å². The molecule has 102 valence electrons. The molecule has 4 nitrogen and oxygen atoms in total. The average molecular weight is 251 g/mol. The number of hydrogen-bond donors (Lipinski definition) is 0. The third-order valence-electron chi connectivity index (χ3n) is 2.97. The predicted octanol–water partition coefficient (Wildman–Crippen LogP) is 2.99. The molecule has 1 heterocycles. The average Bonchev–Trinajstić information content (AvgIpc) is 2.75. The van der Waals surface area contributed by atoms with Crippen LogP contribution in [-0.4, -0.2) is 22.2 Å². The first-order valence-electron chi connectivity index (χ1n) is 6.87. The number of carbonyl (C=O) groups is 1. The Morgan fingerprint density at radius 3 is 2.61 bits per heavy atom. The summed E-state index contributed by atoms with van der Waals surface area (Å²) in [7, 11) is 1.87. The monoisotopic (exact) mass is 251 g/mol. The molecular formula is C14H25N3O. The molecule has 18 heavy (non-hydrogen) atoms. The summed E-state index contributed by atoms with van der Waals surface area (Å²) >= 11 is 0. The van der Waals surface area contributed by atoms with Gasteiger partial charge in [-0.15, -0.1) is 0 Å². The summed E-state index contributed by atoms with van der Waals surface area (Å²) < 4.78 is 1.74. The van der Waals surface area contributed by atoms with E-state index in [4.69, 9.17) is 0 Å². The van der Waals surface area contributed by atoms with Crippen molar-refractivity contribution in [3.63, 3.8) is 0 Å². The second kappa shape index (κ2) is 7.19. The van der Waals surface area contributed by atoms with E-state index in [1.807, 2.05) is 38.1 Å². The van der Waals surface area contributed by atoms with Crippen molar-refractivity contribution in [2.45, 2.75) is 46.5 Å². The topological polar surface area (TPSA) is 38.1 Å². The van der Waals surface area contributed by atoms with E-state index < -0.39 is 0 Å². The van der Waals surface area contributed by atoms with Crippen molar-refractivity contribution in [3.05, 3.63) is 12.3 Å². The summed E-state index contributed by atoms with van der Waals surface area (Å²) in [5.74, 6) is 0.941. The maximum Gasteiger partial charge on any atom is 0.230 e. The fourth-order valence-corrected chi connectivity index (χ4v) is 1.89. The molecule has 0 saturated heterocycles. The maximum absolute atomic E-state index is 12.2. The molecule has 1 amide bonds. The normalized spacial score (nSPS) is 10.9. The Kier molecular flexibility index (Phi) is 5.89. The molecule has 0 saturated carbocycles. The molecular weight excluding hydrogens is 226 g/mol. The highest BCUT2D eigenvalue weighted by Gasteiger charge is 2.20. The van der Waals surface area contributed by atoms with Crippen LogP contribution in [0.15, 0.2) is 12.3 Å². The molecule has 1 aromatic heterocycles. The van der Waals surface area contributed by atoms with E-state index in [0.29, 0.717) is 0 Å². The van der Waals surface area contributed by atoms with Crippen LogP contribution in [0.4, 0.5) is 5.82 Å². The molecule has 0 aliphatic carbocycles. The van der Waals surface area contributed by atoms with Gasteiger partial charge in [0.15, 0.2) is 5.82 Å². The maximum atomic E-state index is 12.2. The van der Waals surface area contributed by atoms with Crippen molar-refractivity contribution in [1.82, 2.24) is 9.78 Å². The Morgan fingerprint density at radius 2 is 2.11 bits per heavy atom. The van der Waals surface area contributed by atoms with Gasteiger partial charge in [-0.2, -0.15) is 5.10 Å². The highest BCUT2D eigenvalue weighted by atomic mass is 16.2. The molecule has 0 aliphatic heterocycles. The fourth-order valence-electron chi connectivity index (χ4n) is 1.89. The number of nitrogens with zero attached hydrogens (tertiary/aromatic N) is 3. The number of amides is 1. The van der Waals surface area contributed by atoms with Crippen LogP contribution in [0.25, 0.3) is 0 Å². The molecule has 1 aromatic rings. The van der Waals surface area contributed by atoms with E-state index in [1.165, 1.54) is 19.3 Å². The number of aromatic nitrogens is 2. The summed E-state index contributed by atoms with van der Waals surface area (Å²) in [6.45, 7) is 6.83. The number of aryl methyl sites for hydroxylation is 1. The fraction of sp³-hybridized carbons (Fsp3) is 0.714. The van der Waals surface area contributed by atoms with Gasteiger partial charge >= 0.3 is 0 Å². The number of unbranched alkanes of at least 4 members (excludes halogenated alkanes) is 3. The molecule has 0 atom stereocenters. The Balaban J connectivity index is 2.67. The van der Waals surface area contributed by atoms with Gasteiger partial charge in [0.05, 0.1) is 0 Å². The highest BCUT2D eigenvalue weighted by Crippen LogP contribution is 2.15. The molecule has 0 N–H and O–H groups in total. The Bertz CT molecular complexity index is 371. The smallest absolute Gasteiger partial charge is 0.230 e. The number of carbonyl (C=O) groups excluding carboxylic acids is 1. The van der Waals surface area contributed by atoms with Gasteiger partial charge in [0.25, 0.3) is 0 Å². The van der Waals surface area contributed by atoms with Crippen molar-refractivity contribution in [2.75, 3.05) is 11.4 Å². The molecule has 0 unspecified atom stereocenters. The molecule has 0 fully saturated rings. The second-order valence-electron chi connectivity index (χ2n) is 5.05. The van der Waals surface area contributed by atoms with Gasteiger partial charge in [-0.1, -0.05) is 40.0 Å².